The van der Waals surface area contributed by atoms with E-state index in [4.69, 9.17) is 4.74 Å². The van der Waals surface area contributed by atoms with Gasteiger partial charge in [0.1, 0.15) is 0 Å². The Bertz CT molecular complexity index is 438. The second kappa shape index (κ2) is 5.22. The van der Waals surface area contributed by atoms with E-state index in [1.54, 1.807) is 7.11 Å². The molecule has 0 radical (unpaired) electrons. The molecule has 0 bridgehead atoms. The number of aryl methyl sites for hydroxylation is 1. The number of aliphatic hydroxyl groups is 1. The SMILES string of the molecule is COC1CCC(O)(C2CCCc3cccnc32)CC1. The Kier molecular flexibility index (Phi) is 3.59. The fourth-order valence-corrected chi connectivity index (χ4v) is 3.81. The van der Waals surface area contributed by atoms with Crippen LogP contribution in [0.1, 0.15) is 55.7 Å². The van der Waals surface area contributed by atoms with Crippen molar-refractivity contribution in [1.82, 2.24) is 4.98 Å². The lowest BCUT2D eigenvalue weighted by Gasteiger charge is -2.43. The first-order chi connectivity index (χ1) is 9.23. The van der Waals surface area contributed by atoms with Gasteiger partial charge in [0.25, 0.3) is 0 Å². The van der Waals surface area contributed by atoms with E-state index in [1.807, 2.05) is 12.3 Å². The topological polar surface area (TPSA) is 42.4 Å². The quantitative estimate of drug-likeness (QED) is 0.890. The van der Waals surface area contributed by atoms with Crippen LogP contribution in [0.2, 0.25) is 0 Å². The summed E-state index contributed by atoms with van der Waals surface area (Å²) in [6.07, 6.45) is 9.14. The number of pyridine rings is 1. The van der Waals surface area contributed by atoms with Crippen LogP contribution < -0.4 is 0 Å². The standard InChI is InChI=1S/C16H23NO2/c1-19-13-7-9-16(18,10-8-13)14-6-2-4-12-5-3-11-17-15(12)14/h3,5,11,13-14,18H,2,4,6-10H2,1H3. The van der Waals surface area contributed by atoms with E-state index in [0.717, 1.165) is 44.2 Å². The molecule has 0 spiro atoms. The first kappa shape index (κ1) is 13.1. The van der Waals surface area contributed by atoms with E-state index in [1.165, 1.54) is 12.0 Å². The van der Waals surface area contributed by atoms with Gasteiger partial charge in [0.05, 0.1) is 11.7 Å². The first-order valence-corrected chi connectivity index (χ1v) is 7.42. The van der Waals surface area contributed by atoms with E-state index in [0.29, 0.717) is 6.10 Å². The largest absolute Gasteiger partial charge is 0.389 e. The molecule has 0 amide bonds. The molecule has 1 aromatic rings. The van der Waals surface area contributed by atoms with E-state index in [9.17, 15) is 5.11 Å². The maximum absolute atomic E-state index is 11.1. The van der Waals surface area contributed by atoms with Crippen molar-refractivity contribution in [2.45, 2.75) is 62.6 Å². The Morgan fingerprint density at radius 1 is 1.32 bits per heavy atom. The number of hydrogen-bond donors (Lipinski definition) is 1. The van der Waals surface area contributed by atoms with Gasteiger partial charge in [-0.05, 0) is 56.6 Å². The number of ether oxygens (including phenoxy) is 1. The minimum absolute atomic E-state index is 0.218. The normalized spacial score (nSPS) is 34.8. The predicted octanol–water partition coefficient (Wildman–Crippen LogP) is 2.82. The maximum atomic E-state index is 11.1. The highest BCUT2D eigenvalue weighted by Crippen LogP contribution is 2.45. The average molecular weight is 261 g/mol. The summed E-state index contributed by atoms with van der Waals surface area (Å²) in [6.45, 7) is 0. The molecule has 0 saturated heterocycles. The summed E-state index contributed by atoms with van der Waals surface area (Å²) in [6, 6.07) is 4.17. The molecule has 1 atom stereocenters. The molecule has 1 N–H and O–H groups in total. The molecule has 3 heteroatoms. The van der Waals surface area contributed by atoms with Gasteiger partial charge in [-0.25, -0.2) is 0 Å². The minimum Gasteiger partial charge on any atom is -0.389 e. The second-order valence-corrected chi connectivity index (χ2v) is 6.03. The third kappa shape index (κ3) is 2.41. The molecule has 1 fully saturated rings. The third-order valence-corrected chi connectivity index (χ3v) is 4.98. The molecular formula is C16H23NO2. The zero-order valence-electron chi connectivity index (χ0n) is 11.6. The van der Waals surface area contributed by atoms with Gasteiger partial charge in [-0.2, -0.15) is 0 Å². The van der Waals surface area contributed by atoms with Gasteiger partial charge >= 0.3 is 0 Å². The molecule has 1 saturated carbocycles. The Morgan fingerprint density at radius 2 is 2.11 bits per heavy atom. The van der Waals surface area contributed by atoms with Crippen molar-refractivity contribution >= 4 is 0 Å². The van der Waals surface area contributed by atoms with Crippen molar-refractivity contribution in [3.63, 3.8) is 0 Å². The molecule has 1 unspecified atom stereocenters. The summed E-state index contributed by atoms with van der Waals surface area (Å²) in [5, 5.41) is 11.1. The van der Waals surface area contributed by atoms with E-state index in [2.05, 4.69) is 11.1 Å². The van der Waals surface area contributed by atoms with Gasteiger partial charge < -0.3 is 9.84 Å². The van der Waals surface area contributed by atoms with Gasteiger partial charge in [-0.1, -0.05) is 6.07 Å². The number of aromatic nitrogens is 1. The number of fused-ring (bicyclic) bond motifs is 1. The van der Waals surface area contributed by atoms with Crippen molar-refractivity contribution < 1.29 is 9.84 Å². The lowest BCUT2D eigenvalue weighted by Crippen LogP contribution is -2.43. The molecule has 19 heavy (non-hydrogen) atoms. The van der Waals surface area contributed by atoms with E-state index < -0.39 is 5.60 Å². The number of methoxy groups -OCH3 is 1. The van der Waals surface area contributed by atoms with Crippen LogP contribution in [0.25, 0.3) is 0 Å². The Hall–Kier alpha value is -0.930. The van der Waals surface area contributed by atoms with Crippen molar-refractivity contribution in [3.8, 4) is 0 Å². The van der Waals surface area contributed by atoms with Crippen LogP contribution >= 0.6 is 0 Å². The van der Waals surface area contributed by atoms with Crippen LogP contribution in [0.3, 0.4) is 0 Å². The van der Waals surface area contributed by atoms with Gasteiger partial charge in [-0.3, -0.25) is 4.98 Å². The zero-order chi connectivity index (χ0) is 13.3. The predicted molar refractivity (Wildman–Crippen MR) is 74.1 cm³/mol. The van der Waals surface area contributed by atoms with Gasteiger partial charge in [0.2, 0.25) is 0 Å². The summed E-state index contributed by atoms with van der Waals surface area (Å²) in [5.74, 6) is 0.218. The Balaban J connectivity index is 1.83. The lowest BCUT2D eigenvalue weighted by molar-refractivity contribution is -0.0642. The molecule has 2 aliphatic rings. The highest BCUT2D eigenvalue weighted by Gasteiger charge is 2.43. The second-order valence-electron chi connectivity index (χ2n) is 6.03. The molecule has 1 heterocycles. The first-order valence-electron chi connectivity index (χ1n) is 7.42. The van der Waals surface area contributed by atoms with Crippen molar-refractivity contribution in [3.05, 3.63) is 29.6 Å². The molecule has 3 nitrogen and oxygen atoms in total. The molecule has 0 aromatic carbocycles. The van der Waals surface area contributed by atoms with Crippen LogP contribution in [0.5, 0.6) is 0 Å². The molecule has 0 aliphatic heterocycles. The van der Waals surface area contributed by atoms with E-state index in [-0.39, 0.29) is 5.92 Å². The zero-order valence-corrected chi connectivity index (χ0v) is 11.6. The number of hydrogen-bond acceptors (Lipinski definition) is 3. The summed E-state index contributed by atoms with van der Waals surface area (Å²) in [4.78, 5) is 4.57. The smallest absolute Gasteiger partial charge is 0.0733 e. The van der Waals surface area contributed by atoms with Gasteiger partial charge in [0.15, 0.2) is 0 Å². The fraction of sp³-hybridized carbons (Fsp3) is 0.688. The molecule has 1 aromatic heterocycles. The molecule has 3 rings (SSSR count). The lowest BCUT2D eigenvalue weighted by atomic mass is 9.69. The van der Waals surface area contributed by atoms with Crippen molar-refractivity contribution in [1.29, 1.82) is 0 Å². The highest BCUT2D eigenvalue weighted by atomic mass is 16.5. The maximum Gasteiger partial charge on any atom is 0.0733 e. The monoisotopic (exact) mass is 261 g/mol. The number of rotatable bonds is 2. The Labute approximate surface area is 115 Å². The number of nitrogens with zero attached hydrogens (tertiary/aromatic N) is 1. The van der Waals surface area contributed by atoms with Crippen LogP contribution in [-0.2, 0) is 11.2 Å². The van der Waals surface area contributed by atoms with Crippen molar-refractivity contribution in [2.24, 2.45) is 0 Å². The van der Waals surface area contributed by atoms with E-state index >= 15 is 0 Å². The summed E-state index contributed by atoms with van der Waals surface area (Å²) in [7, 11) is 1.77. The van der Waals surface area contributed by atoms with Crippen LogP contribution in [0.4, 0.5) is 0 Å². The Morgan fingerprint density at radius 3 is 2.84 bits per heavy atom. The average Bonchev–Trinajstić information content (AvgIpc) is 2.47. The van der Waals surface area contributed by atoms with Gasteiger partial charge in [-0.15, -0.1) is 0 Å². The molecular weight excluding hydrogens is 238 g/mol. The van der Waals surface area contributed by atoms with Gasteiger partial charge in [0, 0.05) is 24.9 Å². The van der Waals surface area contributed by atoms with Crippen LogP contribution in [0.15, 0.2) is 18.3 Å². The summed E-state index contributed by atoms with van der Waals surface area (Å²) in [5.41, 5.74) is 1.91. The summed E-state index contributed by atoms with van der Waals surface area (Å²) >= 11 is 0. The molecule has 2 aliphatic carbocycles. The molecule has 104 valence electrons. The van der Waals surface area contributed by atoms with Crippen molar-refractivity contribution in [2.75, 3.05) is 7.11 Å². The fourth-order valence-electron chi connectivity index (χ4n) is 3.81. The highest BCUT2D eigenvalue weighted by molar-refractivity contribution is 5.28. The third-order valence-electron chi connectivity index (χ3n) is 4.98. The summed E-state index contributed by atoms with van der Waals surface area (Å²) < 4.78 is 5.41. The van der Waals surface area contributed by atoms with Crippen LogP contribution in [-0.4, -0.2) is 28.9 Å². The minimum atomic E-state index is -0.571. The van der Waals surface area contributed by atoms with Crippen LogP contribution in [0, 0.1) is 0 Å².